The van der Waals surface area contributed by atoms with Crippen molar-refractivity contribution in [3.05, 3.63) is 0 Å². The fourth-order valence-electron chi connectivity index (χ4n) is 1.66. The van der Waals surface area contributed by atoms with Crippen LogP contribution in [0.5, 0.6) is 0 Å². The van der Waals surface area contributed by atoms with E-state index in [1.807, 2.05) is 5.32 Å². The Hall–Kier alpha value is -3.22. The molecule has 13 heteroatoms. The molecule has 0 fully saturated rings. The van der Waals surface area contributed by atoms with Crippen molar-refractivity contribution in [3.63, 3.8) is 0 Å². The molecule has 10 N–H and O–H groups in total. The van der Waals surface area contributed by atoms with Crippen molar-refractivity contribution in [2.24, 2.45) is 17.2 Å². The SMILES string of the molecule is CC(NC(=O)CNC(=O)C(N)CC(N)=O)C(=O)NC(CC(N)=O)C(=O)O. The summed E-state index contributed by atoms with van der Waals surface area (Å²) in [6, 6.07) is -3.91. The van der Waals surface area contributed by atoms with Crippen LogP contribution < -0.4 is 33.2 Å². The molecule has 26 heavy (non-hydrogen) atoms. The minimum absolute atomic E-state index is 0.400. The molecular weight excluding hydrogens is 352 g/mol. The standard InChI is InChI=1S/C13H22N6O7/c1-5(11(23)19-7(13(25)26)3-9(16)21)18-10(22)4-17-12(24)6(14)2-8(15)20/h5-7H,2-4,14H2,1H3,(H2,15,20)(H2,16,21)(H,17,24)(H,18,22)(H,19,23)(H,25,26). The number of nitrogens with one attached hydrogen (secondary N) is 3. The zero-order chi connectivity index (χ0) is 20.4. The van der Waals surface area contributed by atoms with Crippen molar-refractivity contribution in [1.82, 2.24) is 16.0 Å². The highest BCUT2D eigenvalue weighted by Crippen LogP contribution is 1.94. The van der Waals surface area contributed by atoms with Crippen LogP contribution in [0.25, 0.3) is 0 Å². The van der Waals surface area contributed by atoms with Crippen LogP contribution in [0.15, 0.2) is 0 Å². The summed E-state index contributed by atoms with van der Waals surface area (Å²) in [4.78, 5) is 67.4. The molecule has 0 rings (SSSR count). The van der Waals surface area contributed by atoms with E-state index in [4.69, 9.17) is 22.3 Å². The number of aliphatic carboxylic acids is 1. The van der Waals surface area contributed by atoms with Gasteiger partial charge in [0.1, 0.15) is 12.1 Å². The van der Waals surface area contributed by atoms with Gasteiger partial charge in [-0.05, 0) is 6.92 Å². The summed E-state index contributed by atoms with van der Waals surface area (Å²) in [6.45, 7) is 0.726. The molecule has 5 amide bonds. The summed E-state index contributed by atoms with van der Waals surface area (Å²) < 4.78 is 0. The van der Waals surface area contributed by atoms with Crippen LogP contribution in [-0.2, 0) is 28.8 Å². The Morgan fingerprint density at radius 1 is 0.923 bits per heavy atom. The van der Waals surface area contributed by atoms with E-state index < -0.39 is 73.0 Å². The maximum Gasteiger partial charge on any atom is 0.326 e. The Labute approximate surface area is 148 Å². The lowest BCUT2D eigenvalue weighted by Crippen LogP contribution is -2.53. The Balaban J connectivity index is 4.45. The minimum Gasteiger partial charge on any atom is -0.480 e. The fourth-order valence-corrected chi connectivity index (χ4v) is 1.66. The number of rotatable bonds is 11. The van der Waals surface area contributed by atoms with Gasteiger partial charge < -0.3 is 38.3 Å². The number of carbonyl (C=O) groups excluding carboxylic acids is 5. The molecule has 0 saturated carbocycles. The third-order valence-corrected chi connectivity index (χ3v) is 2.97. The van der Waals surface area contributed by atoms with Gasteiger partial charge in [0.25, 0.3) is 0 Å². The maximum atomic E-state index is 11.8. The van der Waals surface area contributed by atoms with Crippen LogP contribution in [-0.4, -0.2) is 65.3 Å². The molecule has 13 nitrogen and oxygen atoms in total. The first kappa shape index (κ1) is 22.8. The largest absolute Gasteiger partial charge is 0.480 e. The molecule has 0 spiro atoms. The normalized spacial score (nSPS) is 13.6. The van der Waals surface area contributed by atoms with Gasteiger partial charge in [-0.15, -0.1) is 0 Å². The van der Waals surface area contributed by atoms with E-state index in [2.05, 4.69) is 10.6 Å². The second-order valence-electron chi connectivity index (χ2n) is 5.35. The summed E-state index contributed by atoms with van der Waals surface area (Å²) in [5.74, 6) is -5.61. The smallest absolute Gasteiger partial charge is 0.326 e. The molecule has 3 unspecified atom stereocenters. The molecule has 0 bridgehead atoms. The van der Waals surface area contributed by atoms with Gasteiger partial charge in [0.15, 0.2) is 0 Å². The van der Waals surface area contributed by atoms with E-state index in [1.54, 1.807) is 0 Å². The number of carboxylic acids is 1. The second kappa shape index (κ2) is 10.6. The van der Waals surface area contributed by atoms with Crippen molar-refractivity contribution in [2.45, 2.75) is 37.9 Å². The van der Waals surface area contributed by atoms with E-state index in [1.165, 1.54) is 6.92 Å². The lowest BCUT2D eigenvalue weighted by molar-refractivity contribution is -0.143. The van der Waals surface area contributed by atoms with E-state index in [0.717, 1.165) is 0 Å². The average Bonchev–Trinajstić information content (AvgIpc) is 2.50. The second-order valence-corrected chi connectivity index (χ2v) is 5.35. The molecule has 0 aliphatic carbocycles. The van der Waals surface area contributed by atoms with E-state index in [9.17, 15) is 28.8 Å². The van der Waals surface area contributed by atoms with Crippen LogP contribution in [0, 0.1) is 0 Å². The molecule has 0 saturated heterocycles. The third kappa shape index (κ3) is 9.17. The van der Waals surface area contributed by atoms with Crippen molar-refractivity contribution >= 4 is 35.5 Å². The first-order valence-electron chi connectivity index (χ1n) is 7.36. The third-order valence-electron chi connectivity index (χ3n) is 2.97. The van der Waals surface area contributed by atoms with Crippen LogP contribution in [0.4, 0.5) is 0 Å². The molecule has 0 aromatic carbocycles. The van der Waals surface area contributed by atoms with Gasteiger partial charge in [0.05, 0.1) is 25.4 Å². The monoisotopic (exact) mass is 374 g/mol. The number of nitrogens with two attached hydrogens (primary N) is 3. The molecule has 0 aliphatic rings. The number of hydrogen-bond donors (Lipinski definition) is 7. The minimum atomic E-state index is -1.54. The van der Waals surface area contributed by atoms with Gasteiger partial charge in [-0.25, -0.2) is 4.79 Å². The molecule has 0 radical (unpaired) electrons. The Bertz CT molecular complexity index is 594. The predicted octanol–water partition coefficient (Wildman–Crippen LogP) is -4.75. The van der Waals surface area contributed by atoms with Gasteiger partial charge in [-0.2, -0.15) is 0 Å². The summed E-state index contributed by atoms with van der Waals surface area (Å²) in [5, 5.41) is 15.3. The van der Waals surface area contributed by atoms with Crippen molar-refractivity contribution < 1.29 is 33.9 Å². The highest BCUT2D eigenvalue weighted by molar-refractivity contribution is 5.94. The first-order valence-corrected chi connectivity index (χ1v) is 7.36. The lowest BCUT2D eigenvalue weighted by atomic mass is 10.2. The summed E-state index contributed by atoms with van der Waals surface area (Å²) in [7, 11) is 0. The van der Waals surface area contributed by atoms with Crippen LogP contribution >= 0.6 is 0 Å². The zero-order valence-electron chi connectivity index (χ0n) is 14.0. The number of carbonyl (C=O) groups is 6. The Morgan fingerprint density at radius 2 is 1.46 bits per heavy atom. The van der Waals surface area contributed by atoms with Crippen LogP contribution in [0.2, 0.25) is 0 Å². The van der Waals surface area contributed by atoms with Gasteiger partial charge >= 0.3 is 5.97 Å². The van der Waals surface area contributed by atoms with E-state index >= 15 is 0 Å². The molecule has 0 aliphatic heterocycles. The Morgan fingerprint density at radius 3 is 1.92 bits per heavy atom. The highest BCUT2D eigenvalue weighted by Gasteiger charge is 2.25. The van der Waals surface area contributed by atoms with Gasteiger partial charge in [-0.3, -0.25) is 24.0 Å². The van der Waals surface area contributed by atoms with Gasteiger partial charge in [0.2, 0.25) is 29.5 Å². The maximum absolute atomic E-state index is 11.8. The Kier molecular flexibility index (Phi) is 9.29. The number of amides is 5. The van der Waals surface area contributed by atoms with Crippen LogP contribution in [0.3, 0.4) is 0 Å². The number of primary amides is 2. The molecular formula is C13H22N6O7. The van der Waals surface area contributed by atoms with Gasteiger partial charge in [0, 0.05) is 0 Å². The van der Waals surface area contributed by atoms with Crippen molar-refractivity contribution in [2.75, 3.05) is 6.54 Å². The fraction of sp³-hybridized carbons (Fsp3) is 0.538. The number of hydrogen-bond acceptors (Lipinski definition) is 7. The molecule has 3 atom stereocenters. The molecule has 0 aromatic heterocycles. The van der Waals surface area contributed by atoms with E-state index in [0.29, 0.717) is 0 Å². The van der Waals surface area contributed by atoms with Crippen molar-refractivity contribution in [1.29, 1.82) is 0 Å². The van der Waals surface area contributed by atoms with Crippen molar-refractivity contribution in [3.8, 4) is 0 Å². The van der Waals surface area contributed by atoms with E-state index in [-0.39, 0.29) is 0 Å². The summed E-state index contributed by atoms with van der Waals surface area (Å²) >= 11 is 0. The number of carboxylic acid groups (broad SMARTS) is 1. The quantitative estimate of drug-likeness (QED) is 0.185. The first-order chi connectivity index (χ1) is 11.9. The zero-order valence-corrected chi connectivity index (χ0v) is 14.0. The topological polar surface area (TPSA) is 237 Å². The molecule has 146 valence electrons. The molecule has 0 heterocycles. The predicted molar refractivity (Wildman–Crippen MR) is 85.8 cm³/mol. The summed E-state index contributed by atoms with van der Waals surface area (Å²) in [6.07, 6.45) is -1.02. The van der Waals surface area contributed by atoms with Gasteiger partial charge in [-0.1, -0.05) is 0 Å². The van der Waals surface area contributed by atoms with Crippen LogP contribution in [0.1, 0.15) is 19.8 Å². The molecule has 0 aromatic rings. The highest BCUT2D eigenvalue weighted by atomic mass is 16.4. The average molecular weight is 374 g/mol. The summed E-state index contributed by atoms with van der Waals surface area (Å²) in [5.41, 5.74) is 15.1. The lowest BCUT2D eigenvalue weighted by Gasteiger charge is -2.18.